The van der Waals surface area contributed by atoms with E-state index in [1.807, 2.05) is 0 Å². The molecule has 1 aromatic heterocycles. The average Bonchev–Trinajstić information content (AvgIpc) is 2.81. The van der Waals surface area contributed by atoms with Crippen LogP contribution in [0.25, 0.3) is 0 Å². The fraction of sp³-hybridized carbons (Fsp3) is 0.231. The van der Waals surface area contributed by atoms with Crippen LogP contribution < -0.4 is 5.32 Å². The molecule has 2 rings (SSSR count). The highest BCUT2D eigenvalue weighted by atomic mass is 32.1. The molecule has 2 aromatic rings. The molecule has 1 N–H and O–H groups in total. The lowest BCUT2D eigenvalue weighted by molar-refractivity contribution is -0.142. The van der Waals surface area contributed by atoms with Crippen LogP contribution in [0.3, 0.4) is 0 Å². The van der Waals surface area contributed by atoms with E-state index < -0.39 is 11.6 Å². The molecule has 0 aliphatic rings. The van der Waals surface area contributed by atoms with Crippen molar-refractivity contribution in [2.24, 2.45) is 0 Å². The zero-order chi connectivity index (χ0) is 14.5. The molecule has 0 aliphatic carbocycles. The molecule has 0 saturated heterocycles. The average molecular weight is 298 g/mol. The number of benzene rings is 1. The number of rotatable bonds is 5. The van der Waals surface area contributed by atoms with Gasteiger partial charge in [0.15, 0.2) is 5.13 Å². The van der Waals surface area contributed by atoms with Crippen molar-refractivity contribution in [3.05, 3.63) is 40.9 Å². The summed E-state index contributed by atoms with van der Waals surface area (Å²) in [4.78, 5) is 15.4. The predicted octanol–water partition coefficient (Wildman–Crippen LogP) is 3.27. The van der Waals surface area contributed by atoms with Gasteiger partial charge in [0, 0.05) is 11.4 Å². The SMILES string of the molecule is CCOC(=O)Cc1csc(Nc2cc(F)ccc2F)n1. The Kier molecular flexibility index (Phi) is 4.62. The van der Waals surface area contributed by atoms with Crippen LogP contribution in [0.5, 0.6) is 0 Å². The number of ether oxygens (including phenoxy) is 1. The van der Waals surface area contributed by atoms with E-state index in [4.69, 9.17) is 4.74 Å². The third-order valence-corrected chi connectivity index (χ3v) is 3.16. The quantitative estimate of drug-likeness (QED) is 0.861. The van der Waals surface area contributed by atoms with Crippen molar-refractivity contribution < 1.29 is 18.3 Å². The van der Waals surface area contributed by atoms with Gasteiger partial charge in [0.05, 0.1) is 24.4 Å². The van der Waals surface area contributed by atoms with Gasteiger partial charge in [-0.05, 0) is 19.1 Å². The van der Waals surface area contributed by atoms with Gasteiger partial charge >= 0.3 is 5.97 Å². The molecule has 4 nitrogen and oxygen atoms in total. The minimum atomic E-state index is -0.575. The summed E-state index contributed by atoms with van der Waals surface area (Å²) in [7, 11) is 0. The number of halogens is 2. The third kappa shape index (κ3) is 3.74. The molecule has 0 aliphatic heterocycles. The highest BCUT2D eigenvalue weighted by molar-refractivity contribution is 7.13. The number of hydrogen-bond acceptors (Lipinski definition) is 5. The summed E-state index contributed by atoms with van der Waals surface area (Å²) < 4.78 is 31.3. The summed E-state index contributed by atoms with van der Waals surface area (Å²) in [5.41, 5.74) is 0.523. The second-order valence-electron chi connectivity index (χ2n) is 3.87. The monoisotopic (exact) mass is 298 g/mol. The molecule has 1 heterocycles. The molecule has 0 atom stereocenters. The molecule has 0 radical (unpaired) electrons. The second kappa shape index (κ2) is 6.42. The lowest BCUT2D eigenvalue weighted by Gasteiger charge is -2.03. The van der Waals surface area contributed by atoms with E-state index in [9.17, 15) is 13.6 Å². The number of nitrogens with one attached hydrogen (secondary N) is 1. The van der Waals surface area contributed by atoms with E-state index in [1.165, 1.54) is 11.3 Å². The molecule has 0 spiro atoms. The topological polar surface area (TPSA) is 51.2 Å². The lowest BCUT2D eigenvalue weighted by atomic mass is 10.3. The Morgan fingerprint density at radius 2 is 2.25 bits per heavy atom. The van der Waals surface area contributed by atoms with E-state index in [-0.39, 0.29) is 18.1 Å². The normalized spacial score (nSPS) is 10.3. The largest absolute Gasteiger partial charge is 0.466 e. The molecule has 0 amide bonds. The summed E-state index contributed by atoms with van der Waals surface area (Å²) in [6.45, 7) is 2.03. The van der Waals surface area contributed by atoms with E-state index >= 15 is 0 Å². The first-order chi connectivity index (χ1) is 9.58. The van der Waals surface area contributed by atoms with Crippen LogP contribution in [-0.4, -0.2) is 17.6 Å². The van der Waals surface area contributed by atoms with E-state index in [0.717, 1.165) is 18.2 Å². The minimum Gasteiger partial charge on any atom is -0.466 e. The first-order valence-corrected chi connectivity index (χ1v) is 6.78. The maximum Gasteiger partial charge on any atom is 0.311 e. The zero-order valence-electron chi connectivity index (χ0n) is 10.7. The molecule has 1 aromatic carbocycles. The Morgan fingerprint density at radius 3 is 3.00 bits per heavy atom. The van der Waals surface area contributed by atoms with Gasteiger partial charge in [0.1, 0.15) is 11.6 Å². The maximum absolute atomic E-state index is 13.4. The number of thiazole rings is 1. The van der Waals surface area contributed by atoms with Crippen LogP contribution in [-0.2, 0) is 16.0 Å². The number of aromatic nitrogens is 1. The van der Waals surface area contributed by atoms with Gasteiger partial charge in [-0.1, -0.05) is 0 Å². The first kappa shape index (κ1) is 14.4. The third-order valence-electron chi connectivity index (χ3n) is 2.35. The van der Waals surface area contributed by atoms with Gasteiger partial charge in [-0.2, -0.15) is 0 Å². The molecule has 7 heteroatoms. The fourth-order valence-corrected chi connectivity index (χ4v) is 2.24. The van der Waals surface area contributed by atoms with Gasteiger partial charge in [-0.25, -0.2) is 13.8 Å². The standard InChI is InChI=1S/C13H12F2N2O2S/c1-2-19-12(18)6-9-7-20-13(16-9)17-11-5-8(14)3-4-10(11)15/h3-5,7H,2,6H2,1H3,(H,16,17). The number of carbonyl (C=O) groups is 1. The van der Waals surface area contributed by atoms with Gasteiger partial charge in [0.2, 0.25) is 0 Å². The van der Waals surface area contributed by atoms with E-state index in [0.29, 0.717) is 17.4 Å². The molecule has 0 fully saturated rings. The Morgan fingerprint density at radius 1 is 1.45 bits per heavy atom. The fourth-order valence-electron chi connectivity index (χ4n) is 1.51. The predicted molar refractivity (Wildman–Crippen MR) is 72.1 cm³/mol. The summed E-state index contributed by atoms with van der Waals surface area (Å²) in [6, 6.07) is 3.11. The Hall–Kier alpha value is -2.02. The van der Waals surface area contributed by atoms with Crippen LogP contribution in [0.1, 0.15) is 12.6 Å². The van der Waals surface area contributed by atoms with E-state index in [2.05, 4.69) is 10.3 Å². The van der Waals surface area contributed by atoms with Crippen molar-refractivity contribution in [2.75, 3.05) is 11.9 Å². The molecule has 0 unspecified atom stereocenters. The molecule has 20 heavy (non-hydrogen) atoms. The van der Waals surface area contributed by atoms with Gasteiger partial charge in [-0.3, -0.25) is 4.79 Å². The van der Waals surface area contributed by atoms with Crippen LogP contribution in [0.2, 0.25) is 0 Å². The van der Waals surface area contributed by atoms with Crippen LogP contribution in [0.15, 0.2) is 23.6 Å². The van der Waals surface area contributed by atoms with Crippen LogP contribution in [0, 0.1) is 11.6 Å². The minimum absolute atomic E-state index is 0.00188. The van der Waals surface area contributed by atoms with Crippen LogP contribution in [0.4, 0.5) is 19.6 Å². The number of carbonyl (C=O) groups excluding carboxylic acids is 1. The van der Waals surface area contributed by atoms with Gasteiger partial charge in [0.25, 0.3) is 0 Å². The van der Waals surface area contributed by atoms with Gasteiger partial charge in [-0.15, -0.1) is 11.3 Å². The van der Waals surface area contributed by atoms with Crippen molar-refractivity contribution in [2.45, 2.75) is 13.3 Å². The van der Waals surface area contributed by atoms with Crippen molar-refractivity contribution >= 4 is 28.1 Å². The van der Waals surface area contributed by atoms with Crippen molar-refractivity contribution in [3.8, 4) is 0 Å². The Bertz CT molecular complexity index is 616. The first-order valence-electron chi connectivity index (χ1n) is 5.90. The van der Waals surface area contributed by atoms with Gasteiger partial charge < -0.3 is 10.1 Å². The number of hydrogen-bond donors (Lipinski definition) is 1. The van der Waals surface area contributed by atoms with Crippen LogP contribution >= 0.6 is 11.3 Å². The number of anilines is 2. The van der Waals surface area contributed by atoms with E-state index in [1.54, 1.807) is 12.3 Å². The van der Waals surface area contributed by atoms with Crippen molar-refractivity contribution in [1.82, 2.24) is 4.98 Å². The highest BCUT2D eigenvalue weighted by Gasteiger charge is 2.10. The molecule has 0 bridgehead atoms. The Labute approximate surface area is 118 Å². The molecular formula is C13H12F2N2O2S. The second-order valence-corrected chi connectivity index (χ2v) is 4.73. The smallest absolute Gasteiger partial charge is 0.311 e. The summed E-state index contributed by atoms with van der Waals surface area (Å²) in [6.07, 6.45) is 0.0532. The lowest BCUT2D eigenvalue weighted by Crippen LogP contribution is -2.07. The highest BCUT2D eigenvalue weighted by Crippen LogP contribution is 2.24. The summed E-state index contributed by atoms with van der Waals surface area (Å²) in [5, 5.41) is 4.73. The summed E-state index contributed by atoms with van der Waals surface area (Å²) in [5.74, 6) is -1.49. The molecule has 106 valence electrons. The Balaban J connectivity index is 2.06. The number of nitrogens with zero attached hydrogens (tertiary/aromatic N) is 1. The van der Waals surface area contributed by atoms with Crippen molar-refractivity contribution in [3.63, 3.8) is 0 Å². The molecular weight excluding hydrogens is 286 g/mol. The maximum atomic E-state index is 13.4. The van der Waals surface area contributed by atoms with Crippen molar-refractivity contribution in [1.29, 1.82) is 0 Å². The summed E-state index contributed by atoms with van der Waals surface area (Å²) >= 11 is 1.20. The molecule has 0 saturated carbocycles. The zero-order valence-corrected chi connectivity index (χ0v) is 11.5. The number of esters is 1.